The van der Waals surface area contributed by atoms with E-state index < -0.39 is 0 Å². The number of nitrogens with two attached hydrogens (primary N) is 1. The Balaban J connectivity index is 2.63. The Kier molecular flexibility index (Phi) is 2.04. The zero-order valence-electron chi connectivity index (χ0n) is 6.81. The second kappa shape index (κ2) is 3.22. The van der Waals surface area contributed by atoms with Crippen molar-refractivity contribution in [1.82, 2.24) is 24.7 Å². The van der Waals surface area contributed by atoms with Crippen molar-refractivity contribution in [1.29, 1.82) is 0 Å². The third-order valence-corrected chi connectivity index (χ3v) is 2.22. The highest BCUT2D eigenvalue weighted by Gasteiger charge is 2.08. The summed E-state index contributed by atoms with van der Waals surface area (Å²) in [6, 6.07) is 0. The standard InChI is InChI=1S/C6H5BrN6O/c7-3-4(9-1-10-5(3)14)13-2-11-6(8)12-13/h1-2H,(H2,8,12)(H,9,10,14). The van der Waals surface area contributed by atoms with Crippen LogP contribution in [0.3, 0.4) is 0 Å². The van der Waals surface area contributed by atoms with E-state index in [-0.39, 0.29) is 16.0 Å². The summed E-state index contributed by atoms with van der Waals surface area (Å²) in [7, 11) is 0. The average Bonchev–Trinajstić information content (AvgIpc) is 2.57. The smallest absolute Gasteiger partial charge is 0.267 e. The van der Waals surface area contributed by atoms with Gasteiger partial charge in [-0.2, -0.15) is 4.68 Å². The van der Waals surface area contributed by atoms with E-state index in [9.17, 15) is 4.79 Å². The van der Waals surface area contributed by atoms with E-state index in [0.717, 1.165) is 0 Å². The molecule has 2 rings (SSSR count). The molecule has 2 aromatic rings. The minimum Gasteiger partial charge on any atom is -0.366 e. The maximum atomic E-state index is 11.2. The third-order valence-electron chi connectivity index (χ3n) is 1.50. The summed E-state index contributed by atoms with van der Waals surface area (Å²) >= 11 is 3.09. The van der Waals surface area contributed by atoms with Gasteiger partial charge in [0.1, 0.15) is 10.8 Å². The van der Waals surface area contributed by atoms with E-state index in [1.807, 2.05) is 0 Å². The second-order valence-electron chi connectivity index (χ2n) is 2.42. The van der Waals surface area contributed by atoms with E-state index in [1.165, 1.54) is 17.3 Å². The summed E-state index contributed by atoms with van der Waals surface area (Å²) in [4.78, 5) is 21.2. The molecule has 0 atom stereocenters. The molecular weight excluding hydrogens is 252 g/mol. The minimum atomic E-state index is -0.288. The Morgan fingerprint density at radius 1 is 1.50 bits per heavy atom. The Hall–Kier alpha value is -1.70. The maximum Gasteiger partial charge on any atom is 0.267 e. The van der Waals surface area contributed by atoms with Gasteiger partial charge in [-0.15, -0.1) is 5.10 Å². The lowest BCUT2D eigenvalue weighted by atomic mass is 10.6. The molecule has 0 aliphatic carbocycles. The third kappa shape index (κ3) is 1.39. The quantitative estimate of drug-likeness (QED) is 0.729. The van der Waals surface area contributed by atoms with Gasteiger partial charge in [0.15, 0.2) is 5.82 Å². The molecule has 2 heterocycles. The molecule has 0 aromatic carbocycles. The fourth-order valence-corrected chi connectivity index (χ4v) is 1.31. The molecule has 7 nitrogen and oxygen atoms in total. The largest absolute Gasteiger partial charge is 0.366 e. The summed E-state index contributed by atoms with van der Waals surface area (Å²) < 4.78 is 1.60. The summed E-state index contributed by atoms with van der Waals surface area (Å²) in [6.07, 6.45) is 2.65. The Morgan fingerprint density at radius 3 is 2.93 bits per heavy atom. The number of hydrogen-bond donors (Lipinski definition) is 2. The molecule has 0 aliphatic heterocycles. The first-order valence-electron chi connectivity index (χ1n) is 3.59. The van der Waals surface area contributed by atoms with E-state index >= 15 is 0 Å². The van der Waals surface area contributed by atoms with Crippen LogP contribution >= 0.6 is 15.9 Å². The summed E-state index contributed by atoms with van der Waals surface area (Å²) in [5, 5.41) is 3.82. The molecule has 14 heavy (non-hydrogen) atoms. The average molecular weight is 257 g/mol. The highest BCUT2D eigenvalue weighted by molar-refractivity contribution is 9.10. The van der Waals surface area contributed by atoms with Crippen molar-refractivity contribution in [3.8, 4) is 5.82 Å². The van der Waals surface area contributed by atoms with Crippen LogP contribution in [0.5, 0.6) is 0 Å². The molecule has 0 spiro atoms. The van der Waals surface area contributed by atoms with Gasteiger partial charge in [0.2, 0.25) is 5.95 Å². The topological polar surface area (TPSA) is 102 Å². The number of aromatic amines is 1. The molecule has 0 amide bonds. The molecule has 0 aliphatic rings. The van der Waals surface area contributed by atoms with Crippen molar-refractivity contribution in [3.63, 3.8) is 0 Å². The summed E-state index contributed by atoms with van der Waals surface area (Å²) in [5.41, 5.74) is 5.04. The number of aromatic nitrogens is 5. The minimum absolute atomic E-state index is 0.124. The van der Waals surface area contributed by atoms with Gasteiger partial charge >= 0.3 is 0 Å². The van der Waals surface area contributed by atoms with Crippen molar-refractivity contribution in [2.24, 2.45) is 0 Å². The lowest BCUT2D eigenvalue weighted by Crippen LogP contribution is -2.12. The molecule has 0 saturated carbocycles. The Bertz CT molecular complexity index is 517. The van der Waals surface area contributed by atoms with Crippen LogP contribution in [0.4, 0.5) is 5.95 Å². The zero-order valence-corrected chi connectivity index (χ0v) is 8.39. The Labute approximate surface area is 86.1 Å². The van der Waals surface area contributed by atoms with Gasteiger partial charge in [-0.25, -0.2) is 9.97 Å². The van der Waals surface area contributed by atoms with Crippen LogP contribution in [0, 0.1) is 0 Å². The number of nitrogen functional groups attached to an aromatic ring is 1. The molecule has 0 unspecified atom stereocenters. The van der Waals surface area contributed by atoms with E-state index in [4.69, 9.17) is 5.73 Å². The van der Waals surface area contributed by atoms with E-state index in [1.54, 1.807) is 0 Å². The fraction of sp³-hybridized carbons (Fsp3) is 0. The molecule has 0 saturated heterocycles. The first-order valence-corrected chi connectivity index (χ1v) is 4.38. The van der Waals surface area contributed by atoms with Crippen LogP contribution in [0.1, 0.15) is 0 Å². The van der Waals surface area contributed by atoms with Crippen molar-refractivity contribution < 1.29 is 0 Å². The van der Waals surface area contributed by atoms with Crippen LogP contribution < -0.4 is 11.3 Å². The van der Waals surface area contributed by atoms with Gasteiger partial charge in [-0.1, -0.05) is 0 Å². The van der Waals surface area contributed by atoms with Gasteiger partial charge in [-0.3, -0.25) is 4.79 Å². The van der Waals surface area contributed by atoms with Crippen LogP contribution in [-0.2, 0) is 0 Å². The number of nitrogens with one attached hydrogen (secondary N) is 1. The first kappa shape index (κ1) is 8.88. The fourth-order valence-electron chi connectivity index (χ4n) is 0.911. The SMILES string of the molecule is Nc1ncn(-c2nc[nH]c(=O)c2Br)n1. The predicted octanol–water partition coefficient (Wildman–Crippen LogP) is -0.305. The second-order valence-corrected chi connectivity index (χ2v) is 3.21. The highest BCUT2D eigenvalue weighted by Crippen LogP contribution is 2.11. The number of halogens is 1. The molecule has 0 bridgehead atoms. The van der Waals surface area contributed by atoms with E-state index in [0.29, 0.717) is 5.82 Å². The number of anilines is 1. The zero-order chi connectivity index (χ0) is 10.1. The Morgan fingerprint density at radius 2 is 2.29 bits per heavy atom. The summed E-state index contributed by atoms with van der Waals surface area (Å²) in [6.45, 7) is 0. The molecule has 72 valence electrons. The van der Waals surface area contributed by atoms with Gasteiger partial charge < -0.3 is 10.7 Å². The van der Waals surface area contributed by atoms with Gasteiger partial charge in [0.25, 0.3) is 5.56 Å². The summed E-state index contributed by atoms with van der Waals surface area (Å²) in [5.74, 6) is 0.469. The van der Waals surface area contributed by atoms with Crippen molar-refractivity contribution in [3.05, 3.63) is 27.5 Å². The van der Waals surface area contributed by atoms with Gasteiger partial charge in [-0.05, 0) is 15.9 Å². The number of nitrogens with zero attached hydrogens (tertiary/aromatic N) is 4. The molecule has 0 fully saturated rings. The monoisotopic (exact) mass is 256 g/mol. The molecular formula is C6H5BrN6O. The van der Waals surface area contributed by atoms with E-state index in [2.05, 4.69) is 36.0 Å². The van der Waals surface area contributed by atoms with Crippen molar-refractivity contribution in [2.45, 2.75) is 0 Å². The highest BCUT2D eigenvalue weighted by atomic mass is 79.9. The lowest BCUT2D eigenvalue weighted by molar-refractivity contribution is 0.830. The number of rotatable bonds is 1. The van der Waals surface area contributed by atoms with Crippen LogP contribution in [0.15, 0.2) is 21.9 Å². The maximum absolute atomic E-state index is 11.2. The van der Waals surface area contributed by atoms with Crippen LogP contribution in [0.2, 0.25) is 0 Å². The van der Waals surface area contributed by atoms with Crippen molar-refractivity contribution >= 4 is 21.9 Å². The molecule has 0 radical (unpaired) electrons. The lowest BCUT2D eigenvalue weighted by Gasteiger charge is -1.99. The van der Waals surface area contributed by atoms with Crippen molar-refractivity contribution in [2.75, 3.05) is 5.73 Å². The van der Waals surface area contributed by atoms with Crippen LogP contribution in [-0.4, -0.2) is 24.7 Å². The number of H-pyrrole nitrogens is 1. The number of hydrogen-bond acceptors (Lipinski definition) is 5. The molecule has 3 N–H and O–H groups in total. The predicted molar refractivity (Wildman–Crippen MR) is 51.9 cm³/mol. The van der Waals surface area contributed by atoms with Gasteiger partial charge in [0, 0.05) is 0 Å². The molecule has 8 heteroatoms. The molecule has 2 aromatic heterocycles. The first-order chi connectivity index (χ1) is 6.68. The van der Waals surface area contributed by atoms with Crippen LogP contribution in [0.25, 0.3) is 5.82 Å². The normalized spacial score (nSPS) is 10.4. The van der Waals surface area contributed by atoms with Gasteiger partial charge in [0.05, 0.1) is 6.33 Å².